The maximum absolute atomic E-state index is 11.5. The number of amides is 1. The van der Waals surface area contributed by atoms with E-state index in [9.17, 15) is 4.79 Å². The molecule has 0 aliphatic heterocycles. The monoisotopic (exact) mass is 233 g/mol. The van der Waals surface area contributed by atoms with Crippen LogP contribution in [-0.2, 0) is 12.8 Å². The van der Waals surface area contributed by atoms with Gasteiger partial charge < -0.3 is 5.73 Å². The second kappa shape index (κ2) is 5.85. The van der Waals surface area contributed by atoms with E-state index in [4.69, 9.17) is 5.73 Å². The zero-order chi connectivity index (χ0) is 13.0. The lowest BCUT2D eigenvalue weighted by Gasteiger charge is -2.16. The topological polar surface area (TPSA) is 43.1 Å². The lowest BCUT2D eigenvalue weighted by atomic mass is 9.89. The summed E-state index contributed by atoms with van der Waals surface area (Å²) in [7, 11) is 0. The van der Waals surface area contributed by atoms with Crippen molar-refractivity contribution in [2.45, 2.75) is 40.5 Å². The molecule has 0 spiro atoms. The van der Waals surface area contributed by atoms with Crippen molar-refractivity contribution in [1.82, 2.24) is 0 Å². The third kappa shape index (κ3) is 3.88. The molecule has 0 aliphatic carbocycles. The van der Waals surface area contributed by atoms with Crippen LogP contribution in [0.1, 0.15) is 49.2 Å². The number of carbonyl (C=O) groups excluding carboxylic acids is 1. The van der Waals surface area contributed by atoms with E-state index in [0.717, 1.165) is 18.4 Å². The molecule has 94 valence electrons. The SMILES string of the molecule is CC(C)Cc1cccc(C(N)=O)c1CC(C)C. The van der Waals surface area contributed by atoms with Crippen molar-refractivity contribution in [3.05, 3.63) is 34.9 Å². The molecule has 2 nitrogen and oxygen atoms in total. The van der Waals surface area contributed by atoms with E-state index < -0.39 is 0 Å². The smallest absolute Gasteiger partial charge is 0.248 e. The highest BCUT2D eigenvalue weighted by atomic mass is 16.1. The fourth-order valence-corrected chi connectivity index (χ4v) is 2.15. The van der Waals surface area contributed by atoms with E-state index in [1.165, 1.54) is 5.56 Å². The van der Waals surface area contributed by atoms with Gasteiger partial charge in [0.15, 0.2) is 0 Å². The Kier molecular flexibility index (Phi) is 4.73. The number of benzene rings is 1. The van der Waals surface area contributed by atoms with Gasteiger partial charge in [-0.05, 0) is 41.9 Å². The summed E-state index contributed by atoms with van der Waals surface area (Å²) < 4.78 is 0. The molecule has 1 rings (SSSR count). The lowest BCUT2D eigenvalue weighted by Crippen LogP contribution is -2.16. The average Bonchev–Trinajstić information content (AvgIpc) is 2.18. The van der Waals surface area contributed by atoms with Crippen LogP contribution in [0.5, 0.6) is 0 Å². The van der Waals surface area contributed by atoms with Crippen molar-refractivity contribution in [2.24, 2.45) is 17.6 Å². The van der Waals surface area contributed by atoms with Crippen LogP contribution >= 0.6 is 0 Å². The van der Waals surface area contributed by atoms with Crippen molar-refractivity contribution in [3.63, 3.8) is 0 Å². The van der Waals surface area contributed by atoms with E-state index in [1.807, 2.05) is 12.1 Å². The van der Waals surface area contributed by atoms with Crippen LogP contribution in [0.4, 0.5) is 0 Å². The molecule has 1 aromatic rings. The molecule has 0 saturated heterocycles. The minimum Gasteiger partial charge on any atom is -0.366 e. The molecule has 1 aromatic carbocycles. The largest absolute Gasteiger partial charge is 0.366 e. The first-order chi connectivity index (χ1) is 7.91. The molecular formula is C15H23NO. The molecule has 1 amide bonds. The Bertz CT molecular complexity index is 394. The summed E-state index contributed by atoms with van der Waals surface area (Å²) in [4.78, 5) is 11.5. The summed E-state index contributed by atoms with van der Waals surface area (Å²) in [5.41, 5.74) is 8.55. The van der Waals surface area contributed by atoms with Crippen LogP contribution in [0.3, 0.4) is 0 Å². The van der Waals surface area contributed by atoms with Crippen LogP contribution < -0.4 is 5.73 Å². The van der Waals surface area contributed by atoms with Gasteiger partial charge in [-0.3, -0.25) is 4.79 Å². The van der Waals surface area contributed by atoms with Gasteiger partial charge in [-0.25, -0.2) is 0 Å². The third-order valence-corrected chi connectivity index (χ3v) is 2.78. The fraction of sp³-hybridized carbons (Fsp3) is 0.533. The van der Waals surface area contributed by atoms with Gasteiger partial charge in [0.05, 0.1) is 0 Å². The van der Waals surface area contributed by atoms with Crippen LogP contribution in [0.2, 0.25) is 0 Å². The summed E-state index contributed by atoms with van der Waals surface area (Å²) in [6, 6.07) is 5.88. The van der Waals surface area contributed by atoms with Crippen LogP contribution in [0.15, 0.2) is 18.2 Å². The van der Waals surface area contributed by atoms with E-state index >= 15 is 0 Å². The molecular weight excluding hydrogens is 210 g/mol. The summed E-state index contributed by atoms with van der Waals surface area (Å²) >= 11 is 0. The molecule has 0 radical (unpaired) electrons. The molecule has 2 heteroatoms. The second-order valence-electron chi connectivity index (χ2n) is 5.50. The highest BCUT2D eigenvalue weighted by Gasteiger charge is 2.14. The Morgan fingerprint density at radius 2 is 1.71 bits per heavy atom. The number of primary amides is 1. The van der Waals surface area contributed by atoms with Gasteiger partial charge in [-0.15, -0.1) is 0 Å². The molecule has 0 aromatic heterocycles. The highest BCUT2D eigenvalue weighted by Crippen LogP contribution is 2.21. The molecule has 0 saturated carbocycles. The van der Waals surface area contributed by atoms with Crippen LogP contribution in [0.25, 0.3) is 0 Å². The highest BCUT2D eigenvalue weighted by molar-refractivity contribution is 5.94. The molecule has 0 unspecified atom stereocenters. The number of nitrogens with two attached hydrogens (primary N) is 1. The Hall–Kier alpha value is -1.31. The number of rotatable bonds is 5. The first-order valence-electron chi connectivity index (χ1n) is 6.32. The van der Waals surface area contributed by atoms with E-state index in [0.29, 0.717) is 17.4 Å². The van der Waals surface area contributed by atoms with Crippen molar-refractivity contribution in [1.29, 1.82) is 0 Å². The summed E-state index contributed by atoms with van der Waals surface area (Å²) in [6.45, 7) is 8.71. The standard InChI is InChI=1S/C15H23NO/c1-10(2)8-12-6-5-7-13(15(16)17)14(12)9-11(3)4/h5-7,10-11H,8-9H2,1-4H3,(H2,16,17). The second-order valence-corrected chi connectivity index (χ2v) is 5.50. The maximum Gasteiger partial charge on any atom is 0.248 e. The predicted molar refractivity (Wildman–Crippen MR) is 72.0 cm³/mol. The fourth-order valence-electron chi connectivity index (χ4n) is 2.15. The minimum absolute atomic E-state index is 0.314. The van der Waals surface area contributed by atoms with Crippen molar-refractivity contribution >= 4 is 5.91 Å². The Morgan fingerprint density at radius 3 is 2.18 bits per heavy atom. The van der Waals surface area contributed by atoms with Gasteiger partial charge in [0.2, 0.25) is 5.91 Å². The number of hydrogen-bond acceptors (Lipinski definition) is 1. The first-order valence-corrected chi connectivity index (χ1v) is 6.32. The molecule has 0 bridgehead atoms. The van der Waals surface area contributed by atoms with Gasteiger partial charge >= 0.3 is 0 Å². The van der Waals surface area contributed by atoms with Crippen LogP contribution in [-0.4, -0.2) is 5.91 Å². The van der Waals surface area contributed by atoms with Crippen molar-refractivity contribution in [3.8, 4) is 0 Å². The van der Waals surface area contributed by atoms with Gasteiger partial charge in [0.25, 0.3) is 0 Å². The van der Waals surface area contributed by atoms with Crippen LogP contribution in [0, 0.1) is 11.8 Å². The van der Waals surface area contributed by atoms with Crippen molar-refractivity contribution < 1.29 is 4.79 Å². The van der Waals surface area contributed by atoms with E-state index in [2.05, 4.69) is 33.8 Å². The predicted octanol–water partition coefficient (Wildman–Crippen LogP) is 3.18. The van der Waals surface area contributed by atoms with Gasteiger partial charge in [-0.1, -0.05) is 39.8 Å². The van der Waals surface area contributed by atoms with E-state index in [1.54, 1.807) is 0 Å². The normalized spacial score (nSPS) is 11.2. The lowest BCUT2D eigenvalue weighted by molar-refractivity contribution is 0.0999. The van der Waals surface area contributed by atoms with Crippen molar-refractivity contribution in [2.75, 3.05) is 0 Å². The zero-order valence-electron chi connectivity index (χ0n) is 11.3. The van der Waals surface area contributed by atoms with Gasteiger partial charge in [0, 0.05) is 5.56 Å². The summed E-state index contributed by atoms with van der Waals surface area (Å²) in [6.07, 6.45) is 1.92. The summed E-state index contributed by atoms with van der Waals surface area (Å²) in [5, 5.41) is 0. The average molecular weight is 233 g/mol. The van der Waals surface area contributed by atoms with Gasteiger partial charge in [0.1, 0.15) is 0 Å². The molecule has 0 aliphatic rings. The minimum atomic E-state index is -0.314. The molecule has 17 heavy (non-hydrogen) atoms. The molecule has 0 fully saturated rings. The number of hydrogen-bond donors (Lipinski definition) is 1. The van der Waals surface area contributed by atoms with Gasteiger partial charge in [-0.2, -0.15) is 0 Å². The van der Waals surface area contributed by atoms with E-state index in [-0.39, 0.29) is 5.91 Å². The first kappa shape index (κ1) is 13.8. The quantitative estimate of drug-likeness (QED) is 0.834. The Morgan fingerprint density at radius 1 is 1.12 bits per heavy atom. The number of carbonyl (C=O) groups is 1. The maximum atomic E-state index is 11.5. The molecule has 0 atom stereocenters. The zero-order valence-corrected chi connectivity index (χ0v) is 11.3. The summed E-state index contributed by atoms with van der Waals surface area (Å²) in [5.74, 6) is 0.803. The Balaban J connectivity index is 3.18. The molecule has 2 N–H and O–H groups in total. The molecule has 0 heterocycles. The third-order valence-electron chi connectivity index (χ3n) is 2.78. The Labute approximate surface area is 104 Å².